The first-order valence-corrected chi connectivity index (χ1v) is 9.24. The highest BCUT2D eigenvalue weighted by molar-refractivity contribution is 8.02. The van der Waals surface area contributed by atoms with Crippen LogP contribution in [-0.2, 0) is 5.75 Å². The van der Waals surface area contributed by atoms with Crippen LogP contribution in [0.2, 0.25) is 0 Å². The Labute approximate surface area is 140 Å². The Morgan fingerprint density at radius 3 is 2.41 bits per heavy atom. The van der Waals surface area contributed by atoms with Gasteiger partial charge in [0.2, 0.25) is 0 Å². The number of thioether (sulfide) groups is 1. The van der Waals surface area contributed by atoms with Gasteiger partial charge in [0.15, 0.2) is 0 Å². The topological polar surface area (TPSA) is 20.2 Å². The first-order chi connectivity index (χ1) is 10.6. The van der Waals surface area contributed by atoms with Crippen LogP contribution in [0.4, 0.5) is 0 Å². The lowest BCUT2D eigenvalue weighted by molar-refractivity contribution is 0.295. The number of hydrogen-bond donors (Lipinski definition) is 1. The van der Waals surface area contributed by atoms with Gasteiger partial charge in [-0.25, -0.2) is 0 Å². The van der Waals surface area contributed by atoms with E-state index in [2.05, 4.69) is 44.7 Å². The number of rotatable bonds is 5. The zero-order valence-corrected chi connectivity index (χ0v) is 15.1. The van der Waals surface area contributed by atoms with E-state index in [1.807, 2.05) is 18.7 Å². The van der Waals surface area contributed by atoms with Gasteiger partial charge in [0.1, 0.15) is 0 Å². The van der Waals surface area contributed by atoms with E-state index in [1.54, 1.807) is 5.57 Å². The maximum atomic E-state index is 7.88. The van der Waals surface area contributed by atoms with Crippen molar-refractivity contribution in [3.63, 3.8) is 0 Å². The molecule has 2 heteroatoms. The van der Waals surface area contributed by atoms with Gasteiger partial charge in [0.25, 0.3) is 0 Å². The molecule has 1 N–H and O–H groups in total. The van der Waals surface area contributed by atoms with Gasteiger partial charge in [0.05, 0.1) is 0 Å². The molecule has 0 spiro atoms. The maximum absolute atomic E-state index is 7.88. The molecule has 122 valence electrons. The molecule has 2 rings (SSSR count). The smallest absolute Gasteiger partial charge is 0.0428 e. The average Bonchev–Trinajstić information content (AvgIpc) is 2.54. The van der Waals surface area contributed by atoms with E-state index < -0.39 is 0 Å². The fourth-order valence-corrected chi connectivity index (χ4v) is 3.56. The van der Waals surface area contributed by atoms with Gasteiger partial charge in [-0.05, 0) is 62.7 Å². The maximum Gasteiger partial charge on any atom is 0.0428 e. The standard InChI is InChI=1S/C17H22S.C3H8O/c1-13-8-4-6-10-16(13)12-18-15(3)17-11-7-5-9-14(17)2;1-2-3-4/h4,6,8,10H,3,5,7,9,11-12H2,1-2H3;4H,2-3H2,1H3. The molecule has 0 fully saturated rings. The van der Waals surface area contributed by atoms with Crippen LogP contribution in [-0.4, -0.2) is 11.7 Å². The SMILES string of the molecule is C=C(SCc1ccccc1C)C1=C(C)CCCC1.CCCO. The monoisotopic (exact) mass is 318 g/mol. The molecule has 0 aliphatic heterocycles. The molecule has 0 aromatic heterocycles. The highest BCUT2D eigenvalue weighted by Gasteiger charge is 2.12. The molecule has 0 saturated carbocycles. The van der Waals surface area contributed by atoms with Crippen LogP contribution in [0.15, 0.2) is 46.9 Å². The molecule has 0 amide bonds. The van der Waals surface area contributed by atoms with E-state index in [-0.39, 0.29) is 0 Å². The van der Waals surface area contributed by atoms with Crippen molar-refractivity contribution < 1.29 is 5.11 Å². The van der Waals surface area contributed by atoms with E-state index >= 15 is 0 Å². The number of hydrogen-bond acceptors (Lipinski definition) is 2. The van der Waals surface area contributed by atoms with Crippen LogP contribution in [0, 0.1) is 6.92 Å². The van der Waals surface area contributed by atoms with Gasteiger partial charge in [-0.2, -0.15) is 0 Å². The Morgan fingerprint density at radius 2 is 1.82 bits per heavy atom. The lowest BCUT2D eigenvalue weighted by Crippen LogP contribution is -1.98. The Hall–Kier alpha value is -0.990. The first-order valence-electron chi connectivity index (χ1n) is 8.26. The molecule has 1 aromatic carbocycles. The molecule has 0 atom stereocenters. The minimum Gasteiger partial charge on any atom is -0.396 e. The van der Waals surface area contributed by atoms with Crippen molar-refractivity contribution in [1.82, 2.24) is 0 Å². The summed E-state index contributed by atoms with van der Waals surface area (Å²) < 4.78 is 0. The molecule has 0 radical (unpaired) electrons. The highest BCUT2D eigenvalue weighted by Crippen LogP contribution is 2.35. The Bertz CT molecular complexity index is 500. The van der Waals surface area contributed by atoms with E-state index in [0.717, 1.165) is 12.2 Å². The zero-order chi connectivity index (χ0) is 16.4. The third kappa shape index (κ3) is 6.41. The van der Waals surface area contributed by atoms with Gasteiger partial charge in [-0.15, -0.1) is 11.8 Å². The normalized spacial score (nSPS) is 14.4. The first kappa shape index (κ1) is 19.1. The summed E-state index contributed by atoms with van der Waals surface area (Å²) in [6, 6.07) is 8.63. The van der Waals surface area contributed by atoms with Crippen LogP contribution in [0.5, 0.6) is 0 Å². The lowest BCUT2D eigenvalue weighted by Gasteiger charge is -2.19. The van der Waals surface area contributed by atoms with Crippen molar-refractivity contribution >= 4 is 11.8 Å². The Balaban J connectivity index is 0.000000541. The second-order valence-corrected chi connectivity index (χ2v) is 6.90. The summed E-state index contributed by atoms with van der Waals surface area (Å²) >= 11 is 1.90. The van der Waals surface area contributed by atoms with Crippen LogP contribution in [0.25, 0.3) is 0 Å². The van der Waals surface area contributed by atoms with Gasteiger partial charge < -0.3 is 5.11 Å². The number of aliphatic hydroxyl groups is 1. The Kier molecular flexibility index (Phi) is 9.26. The lowest BCUT2D eigenvalue weighted by atomic mass is 9.93. The summed E-state index contributed by atoms with van der Waals surface area (Å²) in [5.41, 5.74) is 5.90. The third-order valence-corrected chi connectivity index (χ3v) is 5.02. The molecule has 22 heavy (non-hydrogen) atoms. The van der Waals surface area contributed by atoms with Crippen LogP contribution in [0.3, 0.4) is 0 Å². The van der Waals surface area contributed by atoms with Crippen molar-refractivity contribution in [2.75, 3.05) is 6.61 Å². The Morgan fingerprint density at radius 1 is 1.18 bits per heavy atom. The van der Waals surface area contributed by atoms with Crippen molar-refractivity contribution in [2.45, 2.75) is 58.6 Å². The fraction of sp³-hybridized carbons (Fsp3) is 0.500. The predicted octanol–water partition coefficient (Wildman–Crippen LogP) is 6.02. The van der Waals surface area contributed by atoms with Gasteiger partial charge in [-0.3, -0.25) is 0 Å². The zero-order valence-electron chi connectivity index (χ0n) is 14.3. The minimum atomic E-state index is 0.319. The number of aliphatic hydroxyl groups excluding tert-OH is 1. The molecule has 1 aromatic rings. The van der Waals surface area contributed by atoms with Crippen LogP contribution in [0.1, 0.15) is 57.1 Å². The summed E-state index contributed by atoms with van der Waals surface area (Å²) in [6.45, 7) is 11.0. The highest BCUT2D eigenvalue weighted by atomic mass is 32.2. The van der Waals surface area contributed by atoms with Gasteiger partial charge >= 0.3 is 0 Å². The summed E-state index contributed by atoms with van der Waals surface area (Å²) in [4.78, 5) is 1.29. The van der Waals surface area contributed by atoms with Crippen molar-refractivity contribution in [3.05, 3.63) is 58.0 Å². The van der Waals surface area contributed by atoms with E-state index in [4.69, 9.17) is 5.11 Å². The molecular weight excluding hydrogens is 288 g/mol. The number of aryl methyl sites for hydroxylation is 1. The molecule has 0 unspecified atom stereocenters. The molecular formula is C20H30OS. The summed E-state index contributed by atoms with van der Waals surface area (Å²) in [7, 11) is 0. The fourth-order valence-electron chi connectivity index (χ4n) is 2.46. The molecule has 0 bridgehead atoms. The minimum absolute atomic E-state index is 0.319. The molecule has 1 aliphatic rings. The van der Waals surface area contributed by atoms with Crippen molar-refractivity contribution in [1.29, 1.82) is 0 Å². The second-order valence-electron chi connectivity index (χ2n) is 5.83. The largest absolute Gasteiger partial charge is 0.396 e. The van der Waals surface area contributed by atoms with Crippen molar-refractivity contribution in [2.24, 2.45) is 0 Å². The average molecular weight is 319 g/mol. The predicted molar refractivity (Wildman–Crippen MR) is 100 cm³/mol. The molecule has 1 aliphatic carbocycles. The number of allylic oxidation sites excluding steroid dienone is 2. The molecule has 0 saturated heterocycles. The molecule has 0 heterocycles. The third-order valence-electron chi connectivity index (χ3n) is 3.97. The summed E-state index contributed by atoms with van der Waals surface area (Å²) in [6.07, 6.45) is 6.05. The van der Waals surface area contributed by atoms with Crippen molar-refractivity contribution in [3.8, 4) is 0 Å². The quantitative estimate of drug-likeness (QED) is 0.716. The van der Waals surface area contributed by atoms with E-state index in [9.17, 15) is 0 Å². The van der Waals surface area contributed by atoms with Crippen LogP contribution >= 0.6 is 11.8 Å². The molecule has 1 nitrogen and oxygen atoms in total. The number of benzene rings is 1. The van der Waals surface area contributed by atoms with Crippen LogP contribution < -0.4 is 0 Å². The van der Waals surface area contributed by atoms with E-state index in [1.165, 1.54) is 47.3 Å². The van der Waals surface area contributed by atoms with Gasteiger partial charge in [0, 0.05) is 17.3 Å². The van der Waals surface area contributed by atoms with Gasteiger partial charge in [-0.1, -0.05) is 43.3 Å². The summed E-state index contributed by atoms with van der Waals surface area (Å²) in [5.74, 6) is 1.04. The summed E-state index contributed by atoms with van der Waals surface area (Å²) in [5, 5.41) is 7.88. The van der Waals surface area contributed by atoms with E-state index in [0.29, 0.717) is 6.61 Å². The second kappa shape index (κ2) is 10.7.